The summed E-state index contributed by atoms with van der Waals surface area (Å²) < 4.78 is 12.4. The van der Waals surface area contributed by atoms with Crippen LogP contribution in [-0.2, 0) is 4.74 Å². The van der Waals surface area contributed by atoms with Crippen LogP contribution >= 0.6 is 0 Å². The first-order chi connectivity index (χ1) is 15.2. The Balaban J connectivity index is 1.63. The van der Waals surface area contributed by atoms with E-state index >= 15 is 0 Å². The molecule has 31 heavy (non-hydrogen) atoms. The van der Waals surface area contributed by atoms with E-state index in [1.54, 1.807) is 12.1 Å². The lowest BCUT2D eigenvalue weighted by Gasteiger charge is -2.55. The van der Waals surface area contributed by atoms with Crippen molar-refractivity contribution in [3.63, 3.8) is 0 Å². The van der Waals surface area contributed by atoms with Gasteiger partial charge in [-0.25, -0.2) is 0 Å². The maximum atomic E-state index is 11.5. The second-order valence-corrected chi connectivity index (χ2v) is 8.49. The second-order valence-electron chi connectivity index (χ2n) is 8.49. The lowest BCUT2D eigenvalue weighted by molar-refractivity contribution is -0.385. The minimum Gasteiger partial charge on any atom is -0.472 e. The van der Waals surface area contributed by atoms with E-state index in [9.17, 15) is 10.1 Å². The Morgan fingerprint density at radius 3 is 2.68 bits per heavy atom. The van der Waals surface area contributed by atoms with Gasteiger partial charge in [-0.3, -0.25) is 15.0 Å². The van der Waals surface area contributed by atoms with Gasteiger partial charge in [0, 0.05) is 48.7 Å². The van der Waals surface area contributed by atoms with E-state index in [4.69, 9.17) is 9.47 Å². The quantitative estimate of drug-likeness (QED) is 0.412. The van der Waals surface area contributed by atoms with Gasteiger partial charge < -0.3 is 9.47 Å². The molecule has 0 unspecified atom stereocenters. The molecule has 6 nitrogen and oxygen atoms in total. The molecule has 0 spiro atoms. The molecule has 2 aromatic rings. The van der Waals surface area contributed by atoms with Gasteiger partial charge in [0.25, 0.3) is 5.69 Å². The highest BCUT2D eigenvalue weighted by Gasteiger charge is 2.54. The number of ether oxygens (including phenoxy) is 2. The summed E-state index contributed by atoms with van der Waals surface area (Å²) in [5.74, 6) is 7.61. The Bertz CT molecular complexity index is 1020. The van der Waals surface area contributed by atoms with E-state index in [1.807, 2.05) is 30.3 Å². The highest BCUT2D eigenvalue weighted by atomic mass is 16.6. The van der Waals surface area contributed by atoms with Crippen molar-refractivity contribution in [2.24, 2.45) is 5.92 Å². The number of morpholine rings is 1. The van der Waals surface area contributed by atoms with Crippen LogP contribution < -0.4 is 4.74 Å². The van der Waals surface area contributed by atoms with Gasteiger partial charge in [0.15, 0.2) is 5.72 Å². The monoisotopic (exact) mass is 418 g/mol. The third-order valence-corrected chi connectivity index (χ3v) is 6.80. The van der Waals surface area contributed by atoms with Crippen LogP contribution in [0, 0.1) is 27.9 Å². The maximum absolute atomic E-state index is 11.5. The zero-order valence-electron chi connectivity index (χ0n) is 17.5. The number of hydrogen-bond donors (Lipinski definition) is 0. The third-order valence-electron chi connectivity index (χ3n) is 6.80. The number of fused-ring (bicyclic) bond motifs is 2. The Labute approximate surface area is 182 Å². The van der Waals surface area contributed by atoms with Gasteiger partial charge in [0.1, 0.15) is 5.75 Å². The van der Waals surface area contributed by atoms with Crippen LogP contribution in [-0.4, -0.2) is 41.9 Å². The lowest BCUT2D eigenvalue weighted by Crippen LogP contribution is -2.64. The molecule has 3 atom stereocenters. The van der Waals surface area contributed by atoms with E-state index in [2.05, 4.69) is 16.7 Å². The first-order valence-electron chi connectivity index (χ1n) is 11.0. The summed E-state index contributed by atoms with van der Waals surface area (Å²) in [6, 6.07) is 14.9. The molecule has 0 radical (unpaired) electrons. The van der Waals surface area contributed by atoms with E-state index in [0.29, 0.717) is 13.2 Å². The van der Waals surface area contributed by atoms with Gasteiger partial charge in [-0.15, -0.1) is 0 Å². The van der Waals surface area contributed by atoms with Crippen molar-refractivity contribution in [2.75, 3.05) is 26.3 Å². The van der Waals surface area contributed by atoms with Gasteiger partial charge in [0.2, 0.25) is 0 Å². The zero-order valence-corrected chi connectivity index (χ0v) is 17.5. The normalized spacial score (nSPS) is 27.7. The predicted octanol–water partition coefficient (Wildman–Crippen LogP) is 4.34. The van der Waals surface area contributed by atoms with Crippen molar-refractivity contribution in [1.29, 1.82) is 0 Å². The molecule has 160 valence electrons. The van der Waals surface area contributed by atoms with Crippen LogP contribution in [0.2, 0.25) is 0 Å². The molecule has 3 aliphatic rings. The molecule has 2 heterocycles. The maximum Gasteiger partial charge on any atom is 0.270 e. The Kier molecular flexibility index (Phi) is 5.39. The topological polar surface area (TPSA) is 64.8 Å². The van der Waals surface area contributed by atoms with E-state index in [-0.39, 0.29) is 22.4 Å². The van der Waals surface area contributed by atoms with Crippen molar-refractivity contribution < 1.29 is 14.4 Å². The SMILES string of the molecule is O=[N+]([O-])c1ccc2c(c1)[C@H](C#Cc1ccccc1)[C@@H]1CCCC[C@@]1(N1CCOCC1)O2. The van der Waals surface area contributed by atoms with Crippen LogP contribution in [0.4, 0.5) is 5.69 Å². The summed E-state index contributed by atoms with van der Waals surface area (Å²) in [6.07, 6.45) is 4.16. The fourth-order valence-corrected chi connectivity index (χ4v) is 5.36. The molecule has 0 bridgehead atoms. The van der Waals surface area contributed by atoms with Crippen molar-refractivity contribution in [3.05, 3.63) is 69.8 Å². The standard InChI is InChI=1S/C25H26N2O4/c28-27(29)20-10-12-24-22(18-20)21(11-9-19-6-2-1-3-7-19)23-8-4-5-13-25(23,31-24)26-14-16-30-17-15-26/h1-3,6-7,10,12,18,21,23H,4-5,8,13-17H2/t21-,23-,25+/m0/s1. The van der Waals surface area contributed by atoms with Crippen LogP contribution in [0.25, 0.3) is 0 Å². The van der Waals surface area contributed by atoms with Crippen LogP contribution in [0.15, 0.2) is 48.5 Å². The number of benzene rings is 2. The highest BCUT2D eigenvalue weighted by Crippen LogP contribution is 2.53. The Hall–Kier alpha value is -2.88. The average molecular weight is 418 g/mol. The Morgan fingerprint density at radius 2 is 1.90 bits per heavy atom. The number of nitro benzene ring substituents is 1. The minimum atomic E-state index is -0.429. The molecule has 0 N–H and O–H groups in total. The summed E-state index contributed by atoms with van der Waals surface area (Å²) in [6.45, 7) is 3.06. The summed E-state index contributed by atoms with van der Waals surface area (Å²) in [5.41, 5.74) is 1.45. The van der Waals surface area contributed by atoms with Crippen molar-refractivity contribution in [1.82, 2.24) is 4.90 Å². The lowest BCUT2D eigenvalue weighted by atomic mass is 9.68. The number of hydrogen-bond acceptors (Lipinski definition) is 5. The van der Waals surface area contributed by atoms with Gasteiger partial charge in [0.05, 0.1) is 24.1 Å². The number of nitrogens with zero attached hydrogens (tertiary/aromatic N) is 2. The summed E-state index contributed by atoms with van der Waals surface area (Å²) >= 11 is 0. The van der Waals surface area contributed by atoms with E-state index in [0.717, 1.165) is 55.6 Å². The largest absolute Gasteiger partial charge is 0.472 e. The average Bonchev–Trinajstić information content (AvgIpc) is 2.82. The van der Waals surface area contributed by atoms with Crippen LogP contribution in [0.3, 0.4) is 0 Å². The Morgan fingerprint density at radius 1 is 1.10 bits per heavy atom. The van der Waals surface area contributed by atoms with E-state index in [1.165, 1.54) is 6.07 Å². The molecule has 0 amide bonds. The number of nitro groups is 1. The third kappa shape index (κ3) is 3.69. The summed E-state index contributed by atoms with van der Waals surface area (Å²) in [7, 11) is 0. The van der Waals surface area contributed by atoms with Crippen LogP contribution in [0.5, 0.6) is 5.75 Å². The van der Waals surface area contributed by atoms with E-state index < -0.39 is 5.72 Å². The molecule has 2 fully saturated rings. The van der Waals surface area contributed by atoms with Crippen molar-refractivity contribution in [2.45, 2.75) is 37.3 Å². The highest BCUT2D eigenvalue weighted by molar-refractivity contribution is 5.52. The molecule has 1 saturated carbocycles. The fourth-order valence-electron chi connectivity index (χ4n) is 5.36. The van der Waals surface area contributed by atoms with Gasteiger partial charge >= 0.3 is 0 Å². The molecule has 6 heteroatoms. The molecule has 1 saturated heterocycles. The van der Waals surface area contributed by atoms with Crippen molar-refractivity contribution in [3.8, 4) is 17.6 Å². The first-order valence-corrected chi connectivity index (χ1v) is 11.0. The summed E-state index contributed by atoms with van der Waals surface area (Å²) in [4.78, 5) is 13.6. The fraction of sp³-hybridized carbons (Fsp3) is 0.440. The zero-order chi connectivity index (χ0) is 21.3. The molecule has 2 aromatic carbocycles. The molecule has 5 rings (SSSR count). The molecule has 2 aliphatic heterocycles. The van der Waals surface area contributed by atoms with Crippen LogP contribution in [0.1, 0.15) is 42.7 Å². The number of rotatable bonds is 2. The molecule has 1 aliphatic carbocycles. The predicted molar refractivity (Wildman–Crippen MR) is 117 cm³/mol. The van der Waals surface area contributed by atoms with Gasteiger partial charge in [-0.1, -0.05) is 36.5 Å². The van der Waals surface area contributed by atoms with Crippen molar-refractivity contribution >= 4 is 5.69 Å². The molecule has 0 aromatic heterocycles. The molecular weight excluding hydrogens is 392 g/mol. The number of non-ortho nitro benzene ring substituents is 1. The summed E-state index contributed by atoms with van der Waals surface area (Å²) in [5, 5.41) is 11.5. The first kappa shape index (κ1) is 20.0. The smallest absolute Gasteiger partial charge is 0.270 e. The second kappa shape index (κ2) is 8.33. The van der Waals surface area contributed by atoms with Gasteiger partial charge in [-0.2, -0.15) is 0 Å². The van der Waals surface area contributed by atoms with Gasteiger partial charge in [-0.05, 0) is 31.0 Å². The minimum absolute atomic E-state index is 0.0866. The molecular formula is C25H26N2O4.